The molecule has 1 amide bonds. The second-order valence-corrected chi connectivity index (χ2v) is 10.5. The lowest BCUT2D eigenvalue weighted by atomic mass is 9.76. The fourth-order valence-corrected chi connectivity index (χ4v) is 4.74. The van der Waals surface area contributed by atoms with E-state index in [2.05, 4.69) is 51.5 Å². The molecule has 6 heteroatoms. The van der Waals surface area contributed by atoms with Crippen molar-refractivity contribution in [2.75, 3.05) is 11.9 Å². The summed E-state index contributed by atoms with van der Waals surface area (Å²) in [6, 6.07) is 1.92. The summed E-state index contributed by atoms with van der Waals surface area (Å²) in [4.78, 5) is 41.0. The van der Waals surface area contributed by atoms with E-state index >= 15 is 0 Å². The summed E-state index contributed by atoms with van der Waals surface area (Å²) >= 11 is 0. The number of Topliss-reactive ketones (excluding diaryl/α,β-unsaturated/α-hetero) is 1. The van der Waals surface area contributed by atoms with E-state index in [1.54, 1.807) is 17.3 Å². The molecule has 0 bridgehead atoms. The van der Waals surface area contributed by atoms with Gasteiger partial charge in [0.2, 0.25) is 5.91 Å². The van der Waals surface area contributed by atoms with E-state index in [4.69, 9.17) is 4.98 Å². The summed E-state index contributed by atoms with van der Waals surface area (Å²) in [6.07, 6.45) is 7.75. The second-order valence-electron chi connectivity index (χ2n) is 10.5. The number of anilines is 1. The van der Waals surface area contributed by atoms with Crippen LogP contribution < -0.4 is 4.90 Å². The summed E-state index contributed by atoms with van der Waals surface area (Å²) < 4.78 is 0. The average Bonchev–Trinajstić information content (AvgIpc) is 2.73. The minimum absolute atomic E-state index is 0.0123. The normalized spacial score (nSPS) is 18.8. The Morgan fingerprint density at radius 2 is 1.94 bits per heavy atom. The Bertz CT molecular complexity index is 994. The van der Waals surface area contributed by atoms with Gasteiger partial charge in [0.1, 0.15) is 5.78 Å². The van der Waals surface area contributed by atoms with Crippen molar-refractivity contribution in [2.45, 2.75) is 73.1 Å². The second kappa shape index (κ2) is 9.47. The third-order valence-electron chi connectivity index (χ3n) is 6.26. The number of aryl methyl sites for hydroxylation is 1. The number of ketones is 1. The van der Waals surface area contributed by atoms with Crippen LogP contribution in [0, 0.1) is 17.3 Å². The average molecular weight is 437 g/mol. The molecule has 1 unspecified atom stereocenters. The van der Waals surface area contributed by atoms with Crippen LogP contribution >= 0.6 is 0 Å². The number of carbonyl (C=O) groups is 2. The Morgan fingerprint density at radius 1 is 1.22 bits per heavy atom. The van der Waals surface area contributed by atoms with Gasteiger partial charge in [-0.2, -0.15) is 0 Å². The standard InChI is InChI=1S/C26H36N4O2/c1-8-19-22(16(2)3)23-21(30(7)25(19)32)15-28-24(29-23)20-11-12-27-14-17(20)9-10-18(31)13-26(4,5)6/h11-12,14-16,19,22H,8-10,13H2,1-7H3/t19-,22?/m0/s1. The molecule has 2 aromatic heterocycles. The number of hydrogen-bond donors (Lipinski definition) is 0. The molecule has 2 atom stereocenters. The number of nitrogens with zero attached hydrogens (tertiary/aromatic N) is 4. The fourth-order valence-electron chi connectivity index (χ4n) is 4.74. The number of rotatable bonds is 7. The Hall–Kier alpha value is -2.63. The van der Waals surface area contributed by atoms with Crippen LogP contribution in [0.5, 0.6) is 0 Å². The van der Waals surface area contributed by atoms with Crippen molar-refractivity contribution in [2.24, 2.45) is 17.3 Å². The van der Waals surface area contributed by atoms with Crippen molar-refractivity contribution in [3.8, 4) is 11.4 Å². The SMILES string of the molecule is CC[C@@H]1C(=O)N(C)c2cnc(-c3ccncc3CCC(=O)CC(C)(C)C)nc2C1C(C)C. The number of pyridine rings is 1. The van der Waals surface area contributed by atoms with E-state index in [0.29, 0.717) is 25.1 Å². The summed E-state index contributed by atoms with van der Waals surface area (Å²) in [7, 11) is 1.81. The summed E-state index contributed by atoms with van der Waals surface area (Å²) in [5, 5.41) is 0. The maximum absolute atomic E-state index is 12.9. The number of hydrogen-bond acceptors (Lipinski definition) is 5. The molecule has 0 aliphatic carbocycles. The molecule has 3 rings (SSSR count). The van der Waals surface area contributed by atoms with Crippen LogP contribution in [0.2, 0.25) is 0 Å². The van der Waals surface area contributed by atoms with Gasteiger partial charge in [-0.25, -0.2) is 9.97 Å². The van der Waals surface area contributed by atoms with Gasteiger partial charge in [0.25, 0.3) is 0 Å². The summed E-state index contributed by atoms with van der Waals surface area (Å²) in [5.41, 5.74) is 3.59. The maximum atomic E-state index is 12.9. The molecule has 0 aromatic carbocycles. The summed E-state index contributed by atoms with van der Waals surface area (Å²) in [5.74, 6) is 1.28. The molecule has 6 nitrogen and oxygen atoms in total. The van der Waals surface area contributed by atoms with Crippen molar-refractivity contribution in [1.29, 1.82) is 0 Å². The van der Waals surface area contributed by atoms with Crippen molar-refractivity contribution >= 4 is 17.4 Å². The van der Waals surface area contributed by atoms with Crippen molar-refractivity contribution in [1.82, 2.24) is 15.0 Å². The van der Waals surface area contributed by atoms with E-state index in [1.807, 2.05) is 19.3 Å². The van der Waals surface area contributed by atoms with Crippen LogP contribution in [-0.2, 0) is 16.0 Å². The number of fused-ring (bicyclic) bond motifs is 1. The van der Waals surface area contributed by atoms with Crippen molar-refractivity contribution < 1.29 is 9.59 Å². The first-order chi connectivity index (χ1) is 15.0. The molecule has 0 saturated carbocycles. The van der Waals surface area contributed by atoms with Gasteiger partial charge >= 0.3 is 0 Å². The summed E-state index contributed by atoms with van der Waals surface area (Å²) in [6.45, 7) is 12.6. The van der Waals surface area contributed by atoms with E-state index < -0.39 is 0 Å². The number of amides is 1. The van der Waals surface area contributed by atoms with Gasteiger partial charge in [0, 0.05) is 49.7 Å². The van der Waals surface area contributed by atoms with Gasteiger partial charge in [-0.05, 0) is 35.8 Å². The highest BCUT2D eigenvalue weighted by atomic mass is 16.2. The molecule has 2 aromatic rings. The first-order valence-electron chi connectivity index (χ1n) is 11.6. The maximum Gasteiger partial charge on any atom is 0.230 e. The highest BCUT2D eigenvalue weighted by Crippen LogP contribution is 2.43. The Kier molecular flexibility index (Phi) is 7.11. The van der Waals surface area contributed by atoms with Crippen molar-refractivity contribution in [3.63, 3.8) is 0 Å². The Labute approximate surface area is 191 Å². The number of carbonyl (C=O) groups excluding carboxylic acids is 2. The van der Waals surface area contributed by atoms with Gasteiger partial charge in [0.05, 0.1) is 17.6 Å². The van der Waals surface area contributed by atoms with Gasteiger partial charge in [-0.15, -0.1) is 0 Å². The topological polar surface area (TPSA) is 76.1 Å². The predicted molar refractivity (Wildman–Crippen MR) is 127 cm³/mol. The lowest BCUT2D eigenvalue weighted by molar-refractivity contribution is -0.124. The fraction of sp³-hybridized carbons (Fsp3) is 0.577. The van der Waals surface area contributed by atoms with E-state index in [9.17, 15) is 9.59 Å². The van der Waals surface area contributed by atoms with Crippen LogP contribution in [0.25, 0.3) is 11.4 Å². The minimum Gasteiger partial charge on any atom is -0.312 e. The molecule has 0 spiro atoms. The molecule has 32 heavy (non-hydrogen) atoms. The molecule has 172 valence electrons. The molecule has 0 radical (unpaired) electrons. The molecular weight excluding hydrogens is 400 g/mol. The third-order valence-corrected chi connectivity index (χ3v) is 6.26. The number of aromatic nitrogens is 3. The zero-order valence-corrected chi connectivity index (χ0v) is 20.5. The molecule has 0 N–H and O–H groups in total. The zero-order valence-electron chi connectivity index (χ0n) is 20.5. The zero-order chi connectivity index (χ0) is 23.6. The molecule has 0 fully saturated rings. The molecule has 3 heterocycles. The Balaban J connectivity index is 1.96. The van der Waals surface area contributed by atoms with Gasteiger partial charge in [-0.1, -0.05) is 41.5 Å². The van der Waals surface area contributed by atoms with Gasteiger partial charge < -0.3 is 4.90 Å². The monoisotopic (exact) mass is 436 g/mol. The molecule has 0 saturated heterocycles. The first kappa shape index (κ1) is 24.0. The largest absolute Gasteiger partial charge is 0.312 e. The molecular formula is C26H36N4O2. The van der Waals surface area contributed by atoms with Crippen LogP contribution in [-0.4, -0.2) is 33.7 Å². The minimum atomic E-state index is -0.0813. The lowest BCUT2D eigenvalue weighted by Crippen LogP contribution is -2.43. The van der Waals surface area contributed by atoms with Crippen LogP contribution in [0.3, 0.4) is 0 Å². The highest BCUT2D eigenvalue weighted by Gasteiger charge is 2.41. The first-order valence-corrected chi connectivity index (χ1v) is 11.6. The van der Waals surface area contributed by atoms with Gasteiger partial charge in [0.15, 0.2) is 5.82 Å². The van der Waals surface area contributed by atoms with Crippen molar-refractivity contribution in [3.05, 3.63) is 35.9 Å². The third kappa shape index (κ3) is 5.05. The van der Waals surface area contributed by atoms with Crippen LogP contribution in [0.15, 0.2) is 24.7 Å². The Morgan fingerprint density at radius 3 is 2.56 bits per heavy atom. The van der Waals surface area contributed by atoms with E-state index in [1.165, 1.54) is 0 Å². The van der Waals surface area contributed by atoms with Crippen LogP contribution in [0.4, 0.5) is 5.69 Å². The molecule has 1 aliphatic heterocycles. The van der Waals surface area contributed by atoms with E-state index in [0.717, 1.165) is 28.9 Å². The molecule has 1 aliphatic rings. The smallest absolute Gasteiger partial charge is 0.230 e. The van der Waals surface area contributed by atoms with Gasteiger partial charge in [-0.3, -0.25) is 14.6 Å². The predicted octanol–water partition coefficient (Wildman–Crippen LogP) is 5.22. The quantitative estimate of drug-likeness (QED) is 0.595. The van der Waals surface area contributed by atoms with E-state index in [-0.39, 0.29) is 34.9 Å². The lowest BCUT2D eigenvalue weighted by Gasteiger charge is -2.38. The highest BCUT2D eigenvalue weighted by molar-refractivity contribution is 5.98. The van der Waals surface area contributed by atoms with Crippen LogP contribution in [0.1, 0.15) is 78.0 Å².